The van der Waals surface area contributed by atoms with Crippen molar-refractivity contribution in [1.29, 1.82) is 0 Å². The third kappa shape index (κ3) is 4.54. The Morgan fingerprint density at radius 2 is 2.00 bits per heavy atom. The number of pyridine rings is 1. The standard InChI is InChI=1S/C20H26ClN3O2/c1-15-18(21)14-17(2-5-22)20(19(15)16-3-6-23-7-4-16)26-13-10-24-8-11-25-12-9-24/h3-4,6-7,14H,2,5,8-13,22H2,1H3. The van der Waals surface area contributed by atoms with E-state index >= 15 is 0 Å². The summed E-state index contributed by atoms with van der Waals surface area (Å²) in [6, 6.07) is 5.96. The molecule has 0 saturated carbocycles. The number of ether oxygens (including phenoxy) is 2. The van der Waals surface area contributed by atoms with Crippen LogP contribution in [0.2, 0.25) is 5.02 Å². The molecule has 2 aromatic rings. The number of hydrogen-bond donors (Lipinski definition) is 1. The van der Waals surface area contributed by atoms with Crippen molar-refractivity contribution in [3.05, 3.63) is 46.7 Å². The van der Waals surface area contributed by atoms with E-state index in [0.717, 1.165) is 72.3 Å². The van der Waals surface area contributed by atoms with Gasteiger partial charge in [-0.15, -0.1) is 0 Å². The second-order valence-electron chi connectivity index (χ2n) is 6.42. The van der Waals surface area contributed by atoms with Gasteiger partial charge in [0.25, 0.3) is 0 Å². The number of benzene rings is 1. The van der Waals surface area contributed by atoms with Crippen LogP contribution in [-0.2, 0) is 11.2 Å². The summed E-state index contributed by atoms with van der Waals surface area (Å²) in [6.07, 6.45) is 4.30. The average molecular weight is 376 g/mol. The summed E-state index contributed by atoms with van der Waals surface area (Å²) >= 11 is 6.50. The predicted molar refractivity (Wildman–Crippen MR) is 105 cm³/mol. The third-order valence-electron chi connectivity index (χ3n) is 4.69. The second-order valence-corrected chi connectivity index (χ2v) is 6.83. The highest BCUT2D eigenvalue weighted by Crippen LogP contribution is 2.40. The molecule has 0 spiro atoms. The van der Waals surface area contributed by atoms with Gasteiger partial charge in [0.1, 0.15) is 12.4 Å². The first-order valence-corrected chi connectivity index (χ1v) is 9.44. The molecule has 2 heterocycles. The molecule has 0 radical (unpaired) electrons. The Bertz CT molecular complexity index is 719. The monoisotopic (exact) mass is 375 g/mol. The minimum Gasteiger partial charge on any atom is -0.491 e. The highest BCUT2D eigenvalue weighted by molar-refractivity contribution is 6.32. The number of aromatic nitrogens is 1. The van der Waals surface area contributed by atoms with Gasteiger partial charge >= 0.3 is 0 Å². The zero-order chi connectivity index (χ0) is 18.4. The fourth-order valence-electron chi connectivity index (χ4n) is 3.25. The van der Waals surface area contributed by atoms with Gasteiger partial charge in [-0.2, -0.15) is 0 Å². The molecule has 1 aromatic heterocycles. The van der Waals surface area contributed by atoms with E-state index in [2.05, 4.69) is 9.88 Å². The van der Waals surface area contributed by atoms with E-state index in [-0.39, 0.29) is 0 Å². The van der Waals surface area contributed by atoms with Crippen molar-refractivity contribution < 1.29 is 9.47 Å². The molecule has 1 aromatic carbocycles. The summed E-state index contributed by atoms with van der Waals surface area (Å²) in [4.78, 5) is 6.48. The van der Waals surface area contributed by atoms with E-state index in [1.165, 1.54) is 0 Å². The van der Waals surface area contributed by atoms with E-state index in [1.54, 1.807) is 12.4 Å². The normalized spacial score (nSPS) is 15.2. The lowest BCUT2D eigenvalue weighted by molar-refractivity contribution is 0.0322. The van der Waals surface area contributed by atoms with Gasteiger partial charge in [0.05, 0.1) is 13.2 Å². The summed E-state index contributed by atoms with van der Waals surface area (Å²) in [5.41, 5.74) is 9.98. The van der Waals surface area contributed by atoms with Gasteiger partial charge in [-0.05, 0) is 54.8 Å². The molecule has 1 saturated heterocycles. The van der Waals surface area contributed by atoms with E-state index in [0.29, 0.717) is 13.2 Å². The van der Waals surface area contributed by atoms with Gasteiger partial charge in [-0.3, -0.25) is 9.88 Å². The molecule has 5 nitrogen and oxygen atoms in total. The van der Waals surface area contributed by atoms with Crippen LogP contribution in [-0.4, -0.2) is 55.9 Å². The summed E-state index contributed by atoms with van der Waals surface area (Å²) < 4.78 is 11.7. The number of halogens is 1. The highest BCUT2D eigenvalue weighted by Gasteiger charge is 2.18. The van der Waals surface area contributed by atoms with Crippen molar-refractivity contribution in [2.24, 2.45) is 5.73 Å². The molecule has 0 atom stereocenters. The van der Waals surface area contributed by atoms with Gasteiger partial charge in [-0.1, -0.05) is 11.6 Å². The Hall–Kier alpha value is -1.66. The zero-order valence-electron chi connectivity index (χ0n) is 15.2. The minimum atomic E-state index is 0.551. The molecule has 2 N–H and O–H groups in total. The van der Waals surface area contributed by atoms with Crippen molar-refractivity contribution >= 4 is 11.6 Å². The SMILES string of the molecule is Cc1c(Cl)cc(CCN)c(OCCN2CCOCC2)c1-c1ccncc1. The lowest BCUT2D eigenvalue weighted by Gasteiger charge is -2.27. The molecule has 26 heavy (non-hydrogen) atoms. The van der Waals surface area contributed by atoms with Crippen LogP contribution >= 0.6 is 11.6 Å². The summed E-state index contributed by atoms with van der Waals surface area (Å²) in [6.45, 7) is 7.57. The Labute approximate surface area is 160 Å². The maximum absolute atomic E-state index is 6.50. The summed E-state index contributed by atoms with van der Waals surface area (Å²) in [7, 11) is 0. The third-order valence-corrected chi connectivity index (χ3v) is 5.09. The highest BCUT2D eigenvalue weighted by atomic mass is 35.5. The Balaban J connectivity index is 1.88. The molecule has 1 aliphatic rings. The molecule has 6 heteroatoms. The molecular weight excluding hydrogens is 350 g/mol. The van der Waals surface area contributed by atoms with Crippen LogP contribution in [0.4, 0.5) is 0 Å². The van der Waals surface area contributed by atoms with Crippen LogP contribution < -0.4 is 10.5 Å². The van der Waals surface area contributed by atoms with E-state index < -0.39 is 0 Å². The predicted octanol–water partition coefficient (Wildman–Crippen LogP) is 2.92. The van der Waals surface area contributed by atoms with Crippen LogP contribution in [0.3, 0.4) is 0 Å². The van der Waals surface area contributed by atoms with Crippen molar-refractivity contribution in [2.75, 3.05) is 46.0 Å². The maximum Gasteiger partial charge on any atom is 0.130 e. The summed E-state index contributed by atoms with van der Waals surface area (Å²) in [5.74, 6) is 0.886. The minimum absolute atomic E-state index is 0.551. The molecule has 0 unspecified atom stereocenters. The fourth-order valence-corrected chi connectivity index (χ4v) is 3.48. The Kier molecular flexibility index (Phi) is 6.86. The molecule has 0 aliphatic carbocycles. The zero-order valence-corrected chi connectivity index (χ0v) is 16.0. The van der Waals surface area contributed by atoms with Gasteiger partial charge in [-0.25, -0.2) is 0 Å². The number of hydrogen-bond acceptors (Lipinski definition) is 5. The topological polar surface area (TPSA) is 60.6 Å². The van der Waals surface area contributed by atoms with Gasteiger partial charge < -0.3 is 15.2 Å². The van der Waals surface area contributed by atoms with Gasteiger partial charge in [0.15, 0.2) is 0 Å². The largest absolute Gasteiger partial charge is 0.491 e. The maximum atomic E-state index is 6.50. The van der Waals surface area contributed by atoms with Crippen molar-refractivity contribution in [1.82, 2.24) is 9.88 Å². The van der Waals surface area contributed by atoms with Crippen LogP contribution in [0, 0.1) is 6.92 Å². The lowest BCUT2D eigenvalue weighted by Crippen LogP contribution is -2.38. The van der Waals surface area contributed by atoms with Gasteiger partial charge in [0, 0.05) is 42.6 Å². The molecule has 0 amide bonds. The molecule has 0 bridgehead atoms. The van der Waals surface area contributed by atoms with Crippen molar-refractivity contribution in [2.45, 2.75) is 13.3 Å². The molecule has 140 valence electrons. The smallest absolute Gasteiger partial charge is 0.130 e. The Morgan fingerprint density at radius 3 is 2.69 bits per heavy atom. The quantitative estimate of drug-likeness (QED) is 0.806. The number of nitrogens with zero attached hydrogens (tertiary/aromatic N) is 2. The number of morpholine rings is 1. The second kappa shape index (κ2) is 9.33. The average Bonchev–Trinajstić information content (AvgIpc) is 2.67. The van der Waals surface area contributed by atoms with E-state index in [1.807, 2.05) is 25.1 Å². The molecular formula is C20H26ClN3O2. The summed E-state index contributed by atoms with van der Waals surface area (Å²) in [5, 5.41) is 0.737. The van der Waals surface area contributed by atoms with Crippen LogP contribution in [0.15, 0.2) is 30.6 Å². The first kappa shape index (κ1) is 19.1. The first-order valence-electron chi connectivity index (χ1n) is 9.06. The number of rotatable bonds is 7. The lowest BCUT2D eigenvalue weighted by atomic mass is 9.95. The van der Waals surface area contributed by atoms with Crippen LogP contribution in [0.5, 0.6) is 5.75 Å². The Morgan fingerprint density at radius 1 is 1.27 bits per heavy atom. The number of nitrogens with two attached hydrogens (primary N) is 1. The van der Waals surface area contributed by atoms with E-state index in [9.17, 15) is 0 Å². The first-order chi connectivity index (χ1) is 12.7. The van der Waals surface area contributed by atoms with Crippen molar-refractivity contribution in [3.63, 3.8) is 0 Å². The van der Waals surface area contributed by atoms with Crippen LogP contribution in [0.25, 0.3) is 11.1 Å². The van der Waals surface area contributed by atoms with Crippen LogP contribution in [0.1, 0.15) is 11.1 Å². The molecule has 1 fully saturated rings. The van der Waals surface area contributed by atoms with E-state index in [4.69, 9.17) is 26.8 Å². The molecule has 3 rings (SSSR count). The molecule has 1 aliphatic heterocycles. The van der Waals surface area contributed by atoms with Gasteiger partial charge in [0.2, 0.25) is 0 Å². The fraction of sp³-hybridized carbons (Fsp3) is 0.450. The van der Waals surface area contributed by atoms with Crippen molar-refractivity contribution in [3.8, 4) is 16.9 Å².